The predicted molar refractivity (Wildman–Crippen MR) is 84.4 cm³/mol. The highest BCUT2D eigenvalue weighted by molar-refractivity contribution is 9.10. The third-order valence-corrected chi connectivity index (χ3v) is 3.47. The number of hydrogen-bond donors (Lipinski definition) is 2. The Balaban J connectivity index is 2.00. The third-order valence-electron chi connectivity index (χ3n) is 3.02. The second-order valence-corrected chi connectivity index (χ2v) is 5.64. The number of aryl methyl sites for hydroxylation is 1. The first-order valence-electron chi connectivity index (χ1n) is 6.42. The molecule has 2 aromatic carbocycles. The van der Waals surface area contributed by atoms with Gasteiger partial charge in [-0.2, -0.15) is 0 Å². The number of hydrogen-bond acceptors (Lipinski definition) is 2. The highest BCUT2D eigenvalue weighted by Gasteiger charge is 2.06. The molecule has 3 N–H and O–H groups in total. The average Bonchev–Trinajstić information content (AvgIpc) is 2.44. The van der Waals surface area contributed by atoms with Gasteiger partial charge >= 0.3 is 0 Å². The van der Waals surface area contributed by atoms with Crippen molar-refractivity contribution in [1.29, 1.82) is 0 Å². The van der Waals surface area contributed by atoms with Crippen molar-refractivity contribution >= 4 is 21.8 Å². The van der Waals surface area contributed by atoms with Crippen LogP contribution in [0.25, 0.3) is 0 Å². The van der Waals surface area contributed by atoms with Gasteiger partial charge in [0, 0.05) is 23.1 Å². The van der Waals surface area contributed by atoms with Crippen LogP contribution in [0.2, 0.25) is 0 Å². The van der Waals surface area contributed by atoms with Gasteiger partial charge in [-0.15, -0.1) is 0 Å². The maximum Gasteiger partial charge on any atom is 0.251 e. The van der Waals surface area contributed by atoms with Crippen LogP contribution in [0.3, 0.4) is 0 Å². The number of nitrogens with one attached hydrogen (secondary N) is 1. The highest BCUT2D eigenvalue weighted by Crippen LogP contribution is 2.15. The quantitative estimate of drug-likeness (QED) is 0.903. The fourth-order valence-electron chi connectivity index (χ4n) is 1.95. The van der Waals surface area contributed by atoms with Crippen LogP contribution < -0.4 is 11.1 Å². The Hall–Kier alpha value is -1.65. The summed E-state index contributed by atoms with van der Waals surface area (Å²) in [5, 5.41) is 2.92. The van der Waals surface area contributed by atoms with Gasteiger partial charge in [0.1, 0.15) is 0 Å². The predicted octanol–water partition coefficient (Wildman–Crippen LogP) is 3.15. The summed E-state index contributed by atoms with van der Waals surface area (Å²) < 4.78 is 0.912. The second-order valence-electron chi connectivity index (χ2n) is 4.72. The Kier molecular flexibility index (Phi) is 4.93. The molecule has 0 radical (unpaired) electrons. The molecule has 3 nitrogen and oxygen atoms in total. The molecule has 0 aromatic heterocycles. The zero-order chi connectivity index (χ0) is 14.5. The molecule has 20 heavy (non-hydrogen) atoms. The van der Waals surface area contributed by atoms with Gasteiger partial charge in [-0.1, -0.05) is 40.2 Å². The number of benzene rings is 2. The normalized spacial score (nSPS) is 10.3. The van der Waals surface area contributed by atoms with E-state index >= 15 is 0 Å². The van der Waals surface area contributed by atoms with Crippen molar-refractivity contribution in [3.05, 3.63) is 69.2 Å². The van der Waals surface area contributed by atoms with E-state index < -0.39 is 0 Å². The molecule has 0 fully saturated rings. The number of carbonyl (C=O) groups excluding carboxylic acids is 1. The topological polar surface area (TPSA) is 55.1 Å². The van der Waals surface area contributed by atoms with Crippen LogP contribution in [-0.4, -0.2) is 5.91 Å². The van der Waals surface area contributed by atoms with E-state index in [4.69, 9.17) is 5.73 Å². The van der Waals surface area contributed by atoms with E-state index in [0.29, 0.717) is 18.7 Å². The molecule has 0 unspecified atom stereocenters. The number of rotatable bonds is 4. The van der Waals surface area contributed by atoms with Gasteiger partial charge in [0.15, 0.2) is 0 Å². The van der Waals surface area contributed by atoms with Crippen molar-refractivity contribution in [2.45, 2.75) is 20.0 Å². The van der Waals surface area contributed by atoms with Gasteiger partial charge in [0.2, 0.25) is 0 Å². The van der Waals surface area contributed by atoms with Gasteiger partial charge in [0.05, 0.1) is 0 Å². The summed E-state index contributed by atoms with van der Waals surface area (Å²) in [6.45, 7) is 3.01. The molecule has 0 aliphatic carbocycles. The van der Waals surface area contributed by atoms with Crippen molar-refractivity contribution in [1.82, 2.24) is 5.32 Å². The van der Waals surface area contributed by atoms with Crippen molar-refractivity contribution < 1.29 is 4.79 Å². The average molecular weight is 333 g/mol. The van der Waals surface area contributed by atoms with E-state index in [9.17, 15) is 4.79 Å². The molecule has 2 rings (SSSR count). The lowest BCUT2D eigenvalue weighted by Gasteiger charge is -2.07. The summed E-state index contributed by atoms with van der Waals surface area (Å²) in [6.07, 6.45) is 0. The lowest BCUT2D eigenvalue weighted by atomic mass is 10.1. The van der Waals surface area contributed by atoms with Crippen molar-refractivity contribution in [2.24, 2.45) is 5.73 Å². The summed E-state index contributed by atoms with van der Waals surface area (Å²) in [5.41, 5.74) is 9.41. The van der Waals surface area contributed by atoms with Gasteiger partial charge in [-0.3, -0.25) is 4.79 Å². The van der Waals surface area contributed by atoms with E-state index in [1.807, 2.05) is 49.4 Å². The molecular formula is C16H17BrN2O. The molecule has 4 heteroatoms. The Morgan fingerprint density at radius 3 is 2.40 bits per heavy atom. The molecule has 0 bridgehead atoms. The molecule has 0 spiro atoms. The number of carbonyl (C=O) groups is 1. The summed E-state index contributed by atoms with van der Waals surface area (Å²) in [4.78, 5) is 12.1. The standard InChI is InChI=1S/C16H17BrN2O/c1-11-6-14(8-15(17)7-11)16(20)19-10-13-4-2-12(9-18)3-5-13/h2-8H,9-10,18H2,1H3,(H,19,20). The van der Waals surface area contributed by atoms with Crippen molar-refractivity contribution in [3.63, 3.8) is 0 Å². The molecule has 0 saturated heterocycles. The van der Waals surface area contributed by atoms with Crippen LogP contribution in [0.1, 0.15) is 27.0 Å². The van der Waals surface area contributed by atoms with Crippen LogP contribution >= 0.6 is 15.9 Å². The molecule has 0 saturated carbocycles. The number of nitrogens with two attached hydrogens (primary N) is 1. The summed E-state index contributed by atoms with van der Waals surface area (Å²) in [7, 11) is 0. The maximum atomic E-state index is 12.1. The fraction of sp³-hybridized carbons (Fsp3) is 0.188. The largest absolute Gasteiger partial charge is 0.348 e. The molecule has 0 heterocycles. The first-order valence-corrected chi connectivity index (χ1v) is 7.21. The van der Waals surface area contributed by atoms with E-state index in [0.717, 1.165) is 21.2 Å². The zero-order valence-electron chi connectivity index (χ0n) is 11.3. The lowest BCUT2D eigenvalue weighted by Crippen LogP contribution is -2.22. The maximum absolute atomic E-state index is 12.1. The SMILES string of the molecule is Cc1cc(Br)cc(C(=O)NCc2ccc(CN)cc2)c1. The molecule has 2 aromatic rings. The smallest absolute Gasteiger partial charge is 0.251 e. The van der Waals surface area contributed by atoms with Crippen molar-refractivity contribution in [3.8, 4) is 0 Å². The second kappa shape index (κ2) is 6.68. The van der Waals surface area contributed by atoms with Crippen LogP contribution in [0, 0.1) is 6.92 Å². The van der Waals surface area contributed by atoms with Gasteiger partial charge < -0.3 is 11.1 Å². The van der Waals surface area contributed by atoms with Crippen molar-refractivity contribution in [2.75, 3.05) is 0 Å². The molecular weight excluding hydrogens is 316 g/mol. The zero-order valence-corrected chi connectivity index (χ0v) is 12.9. The molecule has 0 aliphatic rings. The Bertz CT molecular complexity index is 588. The Morgan fingerprint density at radius 2 is 1.80 bits per heavy atom. The first kappa shape index (κ1) is 14.8. The van der Waals surface area contributed by atoms with Crippen LogP contribution in [0.15, 0.2) is 46.9 Å². The van der Waals surface area contributed by atoms with Crippen LogP contribution in [0.5, 0.6) is 0 Å². The van der Waals surface area contributed by atoms with E-state index in [2.05, 4.69) is 21.2 Å². The molecule has 0 atom stereocenters. The third kappa shape index (κ3) is 3.92. The minimum atomic E-state index is -0.0719. The highest BCUT2D eigenvalue weighted by atomic mass is 79.9. The molecule has 1 amide bonds. The van der Waals surface area contributed by atoms with E-state index in [1.54, 1.807) is 0 Å². The lowest BCUT2D eigenvalue weighted by molar-refractivity contribution is 0.0951. The molecule has 104 valence electrons. The Morgan fingerprint density at radius 1 is 1.15 bits per heavy atom. The van der Waals surface area contributed by atoms with E-state index in [1.165, 1.54) is 0 Å². The summed E-state index contributed by atoms with van der Waals surface area (Å²) >= 11 is 3.40. The minimum absolute atomic E-state index is 0.0719. The van der Waals surface area contributed by atoms with Crippen LogP contribution in [0.4, 0.5) is 0 Å². The number of halogens is 1. The minimum Gasteiger partial charge on any atom is -0.348 e. The summed E-state index contributed by atoms with van der Waals surface area (Å²) in [6, 6.07) is 13.6. The first-order chi connectivity index (χ1) is 9.58. The van der Waals surface area contributed by atoms with Gasteiger partial charge in [-0.25, -0.2) is 0 Å². The Labute approximate surface area is 127 Å². The monoisotopic (exact) mass is 332 g/mol. The van der Waals surface area contributed by atoms with Gasteiger partial charge in [0.25, 0.3) is 5.91 Å². The van der Waals surface area contributed by atoms with Crippen LogP contribution in [-0.2, 0) is 13.1 Å². The fourth-order valence-corrected chi connectivity index (χ4v) is 2.55. The number of amides is 1. The summed E-state index contributed by atoms with van der Waals surface area (Å²) in [5.74, 6) is -0.0719. The molecule has 0 aliphatic heterocycles. The van der Waals surface area contributed by atoms with E-state index in [-0.39, 0.29) is 5.91 Å². The van der Waals surface area contributed by atoms with Gasteiger partial charge in [-0.05, 0) is 41.8 Å².